The topological polar surface area (TPSA) is 77.7 Å². The van der Waals surface area contributed by atoms with Gasteiger partial charge in [0.25, 0.3) is 0 Å². The molecule has 0 radical (unpaired) electrons. The van der Waals surface area contributed by atoms with E-state index in [-0.39, 0.29) is 6.04 Å². The van der Waals surface area contributed by atoms with Crippen LogP contribution in [0.5, 0.6) is 0 Å². The van der Waals surface area contributed by atoms with Crippen LogP contribution in [0.3, 0.4) is 0 Å². The Kier molecular flexibility index (Phi) is 7.24. The lowest BCUT2D eigenvalue weighted by Gasteiger charge is -2.22. The third-order valence-electron chi connectivity index (χ3n) is 4.74. The Morgan fingerprint density at radius 1 is 1.31 bits per heavy atom. The number of aliphatic imine (C=N–C) groups is 1. The molecule has 0 saturated heterocycles. The minimum absolute atomic E-state index is 0.131. The van der Waals surface area contributed by atoms with Crippen molar-refractivity contribution in [3.63, 3.8) is 0 Å². The van der Waals surface area contributed by atoms with Gasteiger partial charge in [0, 0.05) is 41.5 Å². The minimum Gasteiger partial charge on any atom is -0.386 e. The fraction of sp³-hybridized carbons (Fsp3) is 0.429. The second kappa shape index (κ2) is 9.87. The molecule has 0 amide bonds. The summed E-state index contributed by atoms with van der Waals surface area (Å²) < 4.78 is 2.99. The van der Waals surface area contributed by atoms with Crippen LogP contribution >= 0.6 is 11.3 Å². The van der Waals surface area contributed by atoms with Gasteiger partial charge in [-0.05, 0) is 38.5 Å². The molecule has 1 aromatic carbocycles. The zero-order valence-electron chi connectivity index (χ0n) is 17.5. The molecule has 7 nitrogen and oxygen atoms in total. The Hall–Kier alpha value is -2.42. The van der Waals surface area contributed by atoms with Crippen LogP contribution in [0.2, 0.25) is 0 Å². The van der Waals surface area contributed by atoms with Crippen LogP contribution in [0.25, 0.3) is 10.1 Å². The number of hydrogen-bond acceptors (Lipinski definition) is 5. The van der Waals surface area contributed by atoms with Crippen molar-refractivity contribution >= 4 is 27.4 Å². The van der Waals surface area contributed by atoms with E-state index in [1.165, 1.54) is 4.70 Å². The van der Waals surface area contributed by atoms with Gasteiger partial charge in [-0.25, -0.2) is 0 Å². The van der Waals surface area contributed by atoms with Gasteiger partial charge in [-0.15, -0.1) is 11.3 Å². The number of aromatic nitrogens is 2. The predicted molar refractivity (Wildman–Crippen MR) is 120 cm³/mol. The van der Waals surface area contributed by atoms with E-state index in [9.17, 15) is 5.11 Å². The number of rotatable bonds is 8. The molecule has 0 fully saturated rings. The van der Waals surface area contributed by atoms with Crippen molar-refractivity contribution in [2.45, 2.75) is 19.1 Å². The summed E-state index contributed by atoms with van der Waals surface area (Å²) in [5, 5.41) is 22.6. The number of nitrogens with one attached hydrogen (secondary N) is 2. The van der Waals surface area contributed by atoms with E-state index in [0.717, 1.165) is 22.4 Å². The minimum atomic E-state index is -0.584. The lowest BCUT2D eigenvalue weighted by atomic mass is 10.1. The molecule has 0 saturated carbocycles. The standard InChI is InChI=1S/C21H30N6OS/c1-5-22-21(23-12-17(26(2)3)16-11-25-27(4)14-16)24-13-18(28)20-10-15-8-6-7-9-19(15)29-20/h6-11,14,17-18,28H,5,12-13H2,1-4H3,(H2,22,23,24). The van der Waals surface area contributed by atoms with Gasteiger partial charge in [0.2, 0.25) is 0 Å². The number of fused-ring (bicyclic) bond motifs is 1. The van der Waals surface area contributed by atoms with Crippen LogP contribution < -0.4 is 10.6 Å². The Balaban J connectivity index is 1.65. The average molecular weight is 415 g/mol. The van der Waals surface area contributed by atoms with Crippen molar-refractivity contribution in [2.75, 3.05) is 33.7 Å². The highest BCUT2D eigenvalue weighted by Gasteiger charge is 2.16. The zero-order valence-corrected chi connectivity index (χ0v) is 18.3. The van der Waals surface area contributed by atoms with E-state index < -0.39 is 6.10 Å². The van der Waals surface area contributed by atoms with Crippen LogP contribution in [0, 0.1) is 0 Å². The molecule has 8 heteroatoms. The summed E-state index contributed by atoms with van der Waals surface area (Å²) in [5.41, 5.74) is 1.13. The number of nitrogens with zero attached hydrogens (tertiary/aromatic N) is 4. The van der Waals surface area contributed by atoms with E-state index in [1.807, 2.05) is 52.6 Å². The monoisotopic (exact) mass is 414 g/mol. The molecular weight excluding hydrogens is 384 g/mol. The van der Waals surface area contributed by atoms with Gasteiger partial charge in [0.1, 0.15) is 6.10 Å². The number of aliphatic hydroxyl groups excluding tert-OH is 1. The molecule has 2 heterocycles. The van der Waals surface area contributed by atoms with Crippen LogP contribution in [-0.2, 0) is 7.05 Å². The second-order valence-corrected chi connectivity index (χ2v) is 8.35. The summed E-state index contributed by atoms with van der Waals surface area (Å²) in [6.45, 7) is 3.78. The van der Waals surface area contributed by atoms with E-state index in [2.05, 4.69) is 38.8 Å². The van der Waals surface area contributed by atoms with E-state index in [1.54, 1.807) is 16.0 Å². The summed E-state index contributed by atoms with van der Waals surface area (Å²) in [6, 6.07) is 10.4. The largest absolute Gasteiger partial charge is 0.386 e. The van der Waals surface area contributed by atoms with Gasteiger partial charge in [-0.2, -0.15) is 5.10 Å². The van der Waals surface area contributed by atoms with Crippen molar-refractivity contribution in [1.29, 1.82) is 0 Å². The maximum Gasteiger partial charge on any atom is 0.191 e. The molecule has 3 N–H and O–H groups in total. The van der Waals surface area contributed by atoms with Gasteiger partial charge in [-0.1, -0.05) is 18.2 Å². The average Bonchev–Trinajstić information content (AvgIpc) is 3.32. The summed E-state index contributed by atoms with van der Waals surface area (Å²) in [5.74, 6) is 0.698. The van der Waals surface area contributed by atoms with Gasteiger partial charge < -0.3 is 20.6 Å². The van der Waals surface area contributed by atoms with Crippen molar-refractivity contribution in [1.82, 2.24) is 25.3 Å². The number of hydrogen-bond donors (Lipinski definition) is 3. The number of likely N-dealkylation sites (N-methyl/N-ethyl adjacent to an activating group) is 1. The SMILES string of the molecule is CCNC(=NCC(c1cnn(C)c1)N(C)C)NCC(O)c1cc2ccccc2s1. The summed E-state index contributed by atoms with van der Waals surface area (Å²) in [6.07, 6.45) is 3.32. The molecule has 2 unspecified atom stereocenters. The molecule has 3 rings (SSSR count). The molecular formula is C21H30N6OS. The van der Waals surface area contributed by atoms with Crippen molar-refractivity contribution in [2.24, 2.45) is 12.0 Å². The van der Waals surface area contributed by atoms with Crippen LogP contribution in [-0.4, -0.2) is 59.5 Å². The van der Waals surface area contributed by atoms with Crippen LogP contribution in [0.1, 0.15) is 29.5 Å². The molecule has 156 valence electrons. The molecule has 2 aromatic heterocycles. The maximum absolute atomic E-state index is 10.6. The molecule has 0 spiro atoms. The highest BCUT2D eigenvalue weighted by atomic mass is 32.1. The fourth-order valence-electron chi connectivity index (χ4n) is 3.16. The smallest absolute Gasteiger partial charge is 0.191 e. The Bertz CT molecular complexity index is 914. The van der Waals surface area contributed by atoms with Gasteiger partial charge in [0.15, 0.2) is 5.96 Å². The second-order valence-electron chi connectivity index (χ2n) is 7.23. The maximum atomic E-state index is 10.6. The Morgan fingerprint density at radius 2 is 2.10 bits per heavy atom. The first-order chi connectivity index (χ1) is 14.0. The normalized spacial score (nSPS) is 14.3. The first-order valence-electron chi connectivity index (χ1n) is 9.81. The Morgan fingerprint density at radius 3 is 2.76 bits per heavy atom. The number of thiophene rings is 1. The third-order valence-corrected chi connectivity index (χ3v) is 5.95. The Labute approximate surface area is 176 Å². The molecule has 0 aliphatic carbocycles. The summed E-state index contributed by atoms with van der Waals surface area (Å²) in [4.78, 5) is 7.83. The van der Waals surface area contributed by atoms with E-state index in [4.69, 9.17) is 4.99 Å². The predicted octanol–water partition coefficient (Wildman–Crippen LogP) is 2.53. The van der Waals surface area contributed by atoms with Crippen molar-refractivity contribution in [3.05, 3.63) is 53.2 Å². The van der Waals surface area contributed by atoms with E-state index >= 15 is 0 Å². The summed E-state index contributed by atoms with van der Waals surface area (Å²) >= 11 is 1.63. The fourth-order valence-corrected chi connectivity index (χ4v) is 4.21. The van der Waals surface area contributed by atoms with Gasteiger partial charge >= 0.3 is 0 Å². The lowest BCUT2D eigenvalue weighted by Crippen LogP contribution is -2.40. The van der Waals surface area contributed by atoms with Crippen molar-refractivity contribution < 1.29 is 5.11 Å². The first kappa shape index (κ1) is 21.3. The molecule has 29 heavy (non-hydrogen) atoms. The molecule has 0 aliphatic heterocycles. The number of benzene rings is 1. The number of aryl methyl sites for hydroxylation is 1. The van der Waals surface area contributed by atoms with Gasteiger partial charge in [-0.3, -0.25) is 9.67 Å². The molecule has 2 atom stereocenters. The third kappa shape index (κ3) is 5.56. The van der Waals surface area contributed by atoms with E-state index in [0.29, 0.717) is 19.0 Å². The molecule has 0 bridgehead atoms. The lowest BCUT2D eigenvalue weighted by molar-refractivity contribution is 0.184. The van der Waals surface area contributed by atoms with Crippen LogP contribution in [0.4, 0.5) is 0 Å². The quantitative estimate of drug-likeness (QED) is 0.390. The first-order valence-corrected chi connectivity index (χ1v) is 10.6. The molecule has 0 aliphatic rings. The van der Waals surface area contributed by atoms with Crippen LogP contribution in [0.15, 0.2) is 47.7 Å². The number of aliphatic hydroxyl groups is 1. The van der Waals surface area contributed by atoms with Gasteiger partial charge in [0.05, 0.1) is 18.8 Å². The molecule has 3 aromatic rings. The zero-order chi connectivity index (χ0) is 20.8. The highest BCUT2D eigenvalue weighted by Crippen LogP contribution is 2.29. The highest BCUT2D eigenvalue weighted by molar-refractivity contribution is 7.19. The number of guanidine groups is 1. The summed E-state index contributed by atoms with van der Waals surface area (Å²) in [7, 11) is 6.00. The van der Waals surface area contributed by atoms with Crippen molar-refractivity contribution in [3.8, 4) is 0 Å².